The van der Waals surface area contributed by atoms with Gasteiger partial charge >= 0.3 is 0 Å². The Balaban J connectivity index is 2.42. The lowest BCUT2D eigenvalue weighted by atomic mass is 10.0. The van der Waals surface area contributed by atoms with Crippen LogP contribution in [-0.2, 0) is 0 Å². The lowest BCUT2D eigenvalue weighted by molar-refractivity contribution is 0.867. The van der Waals surface area contributed by atoms with E-state index >= 15 is 0 Å². The van der Waals surface area contributed by atoms with Gasteiger partial charge in [-0.05, 0) is 22.8 Å². The fourth-order valence-corrected chi connectivity index (χ4v) is 1.82. The van der Waals surface area contributed by atoms with Gasteiger partial charge in [-0.3, -0.25) is 0 Å². The van der Waals surface area contributed by atoms with Crippen LogP contribution in [0.1, 0.15) is 25.3 Å². The maximum atomic E-state index is 6.16. The van der Waals surface area contributed by atoms with Crippen molar-refractivity contribution in [1.82, 2.24) is 20.6 Å². The molecule has 1 N–H and O–H groups in total. The molecule has 0 aliphatic carbocycles. The van der Waals surface area contributed by atoms with Crippen molar-refractivity contribution in [2.75, 3.05) is 0 Å². The van der Waals surface area contributed by atoms with Crippen molar-refractivity contribution < 1.29 is 0 Å². The van der Waals surface area contributed by atoms with Gasteiger partial charge in [-0.15, -0.1) is 10.2 Å². The number of nitrogens with one attached hydrogen (secondary N) is 1. The standard InChI is InChI=1S/C10H11ClN4/c1-6(2)8-4-3-7(5-9(8)11)10-12-14-15-13-10/h3-6H,1-2H3,(H,12,13,14,15). The number of nitrogens with zero attached hydrogens (tertiary/aromatic N) is 3. The van der Waals surface area contributed by atoms with Crippen molar-refractivity contribution in [3.05, 3.63) is 28.8 Å². The maximum absolute atomic E-state index is 6.16. The van der Waals surface area contributed by atoms with Crippen LogP contribution in [0.5, 0.6) is 0 Å². The molecular weight excluding hydrogens is 212 g/mol. The molecule has 2 aromatic rings. The largest absolute Gasteiger partial charge is 0.204 e. The second-order valence-electron chi connectivity index (χ2n) is 3.63. The molecule has 0 saturated heterocycles. The predicted octanol–water partition coefficient (Wildman–Crippen LogP) is 2.64. The molecule has 78 valence electrons. The smallest absolute Gasteiger partial charge is 0.177 e. The first-order valence-corrected chi connectivity index (χ1v) is 5.09. The van der Waals surface area contributed by atoms with E-state index < -0.39 is 0 Å². The highest BCUT2D eigenvalue weighted by molar-refractivity contribution is 6.31. The van der Waals surface area contributed by atoms with Crippen LogP contribution in [0, 0.1) is 0 Å². The van der Waals surface area contributed by atoms with Gasteiger partial charge in [0, 0.05) is 10.6 Å². The van der Waals surface area contributed by atoms with E-state index in [-0.39, 0.29) is 0 Å². The number of tetrazole rings is 1. The van der Waals surface area contributed by atoms with Crippen LogP contribution in [0.4, 0.5) is 0 Å². The summed E-state index contributed by atoms with van der Waals surface area (Å²) < 4.78 is 0. The number of halogens is 1. The second kappa shape index (κ2) is 3.98. The van der Waals surface area contributed by atoms with Crippen molar-refractivity contribution in [3.8, 4) is 11.4 Å². The SMILES string of the molecule is CC(C)c1ccc(-c2nn[nH]n2)cc1Cl. The summed E-state index contributed by atoms with van der Waals surface area (Å²) in [5.74, 6) is 0.976. The molecule has 0 spiro atoms. The molecule has 1 aromatic carbocycles. The van der Waals surface area contributed by atoms with E-state index in [0.717, 1.165) is 16.1 Å². The fourth-order valence-electron chi connectivity index (χ4n) is 1.42. The summed E-state index contributed by atoms with van der Waals surface area (Å²) in [6.45, 7) is 4.21. The topological polar surface area (TPSA) is 54.5 Å². The third kappa shape index (κ3) is 1.99. The monoisotopic (exact) mass is 222 g/mol. The Morgan fingerprint density at radius 2 is 2.13 bits per heavy atom. The molecular formula is C10H11ClN4. The molecule has 0 atom stereocenters. The van der Waals surface area contributed by atoms with Crippen LogP contribution in [0.3, 0.4) is 0 Å². The maximum Gasteiger partial charge on any atom is 0.204 e. The highest BCUT2D eigenvalue weighted by atomic mass is 35.5. The summed E-state index contributed by atoms with van der Waals surface area (Å²) in [4.78, 5) is 0. The summed E-state index contributed by atoms with van der Waals surface area (Å²) in [6.07, 6.45) is 0. The van der Waals surface area contributed by atoms with E-state index in [1.165, 1.54) is 0 Å². The van der Waals surface area contributed by atoms with E-state index in [9.17, 15) is 0 Å². The molecule has 0 radical (unpaired) electrons. The van der Waals surface area contributed by atoms with Gasteiger partial charge in [0.05, 0.1) is 0 Å². The van der Waals surface area contributed by atoms with Crippen molar-refractivity contribution in [2.45, 2.75) is 19.8 Å². The van der Waals surface area contributed by atoms with E-state index in [4.69, 9.17) is 11.6 Å². The van der Waals surface area contributed by atoms with Gasteiger partial charge < -0.3 is 0 Å². The van der Waals surface area contributed by atoms with Crippen LogP contribution in [0.2, 0.25) is 5.02 Å². The third-order valence-corrected chi connectivity index (χ3v) is 2.55. The number of hydrogen-bond acceptors (Lipinski definition) is 3. The van der Waals surface area contributed by atoms with Gasteiger partial charge in [0.15, 0.2) is 0 Å². The highest BCUT2D eigenvalue weighted by Crippen LogP contribution is 2.27. The van der Waals surface area contributed by atoms with E-state index in [1.807, 2.05) is 18.2 Å². The number of aromatic amines is 1. The zero-order valence-electron chi connectivity index (χ0n) is 8.53. The first kappa shape index (κ1) is 10.1. The minimum atomic E-state index is 0.414. The van der Waals surface area contributed by atoms with Gasteiger partial charge in [0.25, 0.3) is 0 Å². The van der Waals surface area contributed by atoms with Gasteiger partial charge in [0.2, 0.25) is 5.82 Å². The van der Waals surface area contributed by atoms with Crippen LogP contribution in [-0.4, -0.2) is 20.6 Å². The molecule has 0 saturated carbocycles. The Morgan fingerprint density at radius 3 is 2.67 bits per heavy atom. The summed E-state index contributed by atoms with van der Waals surface area (Å²) in [5.41, 5.74) is 2.00. The Hall–Kier alpha value is -1.42. The number of H-pyrrole nitrogens is 1. The summed E-state index contributed by atoms with van der Waals surface area (Å²) in [7, 11) is 0. The minimum Gasteiger partial charge on any atom is -0.177 e. The predicted molar refractivity (Wildman–Crippen MR) is 58.7 cm³/mol. The van der Waals surface area contributed by atoms with Crippen molar-refractivity contribution in [1.29, 1.82) is 0 Å². The summed E-state index contributed by atoms with van der Waals surface area (Å²) in [6, 6.07) is 5.81. The number of hydrogen-bond donors (Lipinski definition) is 1. The van der Waals surface area contributed by atoms with Crippen molar-refractivity contribution in [3.63, 3.8) is 0 Å². The molecule has 0 unspecified atom stereocenters. The average Bonchev–Trinajstić information content (AvgIpc) is 2.69. The molecule has 1 heterocycles. The first-order chi connectivity index (χ1) is 7.18. The normalized spacial score (nSPS) is 10.9. The van der Waals surface area contributed by atoms with Crippen LogP contribution < -0.4 is 0 Å². The second-order valence-corrected chi connectivity index (χ2v) is 4.03. The van der Waals surface area contributed by atoms with Gasteiger partial charge in [-0.1, -0.05) is 37.6 Å². The zero-order chi connectivity index (χ0) is 10.8. The molecule has 0 aliphatic rings. The molecule has 5 heteroatoms. The Labute approximate surface area is 92.7 Å². The Kier molecular flexibility index (Phi) is 2.68. The Morgan fingerprint density at radius 1 is 1.33 bits per heavy atom. The zero-order valence-corrected chi connectivity index (χ0v) is 9.28. The van der Waals surface area contributed by atoms with Gasteiger partial charge in [-0.25, -0.2) is 0 Å². The highest BCUT2D eigenvalue weighted by Gasteiger charge is 2.08. The number of rotatable bonds is 2. The van der Waals surface area contributed by atoms with E-state index in [0.29, 0.717) is 11.7 Å². The molecule has 0 amide bonds. The fraction of sp³-hybridized carbons (Fsp3) is 0.300. The third-order valence-electron chi connectivity index (χ3n) is 2.23. The lowest BCUT2D eigenvalue weighted by Gasteiger charge is -2.08. The summed E-state index contributed by atoms with van der Waals surface area (Å²) >= 11 is 6.16. The molecule has 4 nitrogen and oxygen atoms in total. The Bertz CT molecular complexity index is 450. The lowest BCUT2D eigenvalue weighted by Crippen LogP contribution is -1.90. The van der Waals surface area contributed by atoms with Crippen molar-refractivity contribution >= 4 is 11.6 Å². The molecule has 0 bridgehead atoms. The van der Waals surface area contributed by atoms with Gasteiger partial charge in [0.1, 0.15) is 0 Å². The molecule has 15 heavy (non-hydrogen) atoms. The number of aromatic nitrogens is 4. The number of benzene rings is 1. The molecule has 0 fully saturated rings. The van der Waals surface area contributed by atoms with Gasteiger partial charge in [-0.2, -0.15) is 5.21 Å². The van der Waals surface area contributed by atoms with Crippen LogP contribution in [0.25, 0.3) is 11.4 Å². The first-order valence-electron chi connectivity index (χ1n) is 4.71. The molecule has 0 aliphatic heterocycles. The average molecular weight is 223 g/mol. The van der Waals surface area contributed by atoms with Crippen molar-refractivity contribution in [2.24, 2.45) is 0 Å². The van der Waals surface area contributed by atoms with Crippen LogP contribution in [0.15, 0.2) is 18.2 Å². The summed E-state index contributed by atoms with van der Waals surface area (Å²) in [5, 5.41) is 14.5. The molecule has 1 aromatic heterocycles. The van der Waals surface area contributed by atoms with Crippen LogP contribution >= 0.6 is 11.6 Å². The van der Waals surface area contributed by atoms with E-state index in [1.54, 1.807) is 0 Å². The minimum absolute atomic E-state index is 0.414. The quantitative estimate of drug-likeness (QED) is 0.850. The van der Waals surface area contributed by atoms with E-state index in [2.05, 4.69) is 34.5 Å². The molecule has 2 rings (SSSR count).